The highest BCUT2D eigenvalue weighted by Crippen LogP contribution is 2.21. The molecule has 0 aromatic rings. The van der Waals surface area contributed by atoms with Gasteiger partial charge in [0, 0.05) is 25.6 Å². The molecule has 2 heterocycles. The molecule has 2 aliphatic rings. The van der Waals surface area contributed by atoms with Crippen LogP contribution in [0, 0.1) is 11.8 Å². The Morgan fingerprint density at radius 1 is 1.37 bits per heavy atom. The quantitative estimate of drug-likeness (QED) is 0.824. The zero-order valence-electron chi connectivity index (χ0n) is 12.4. The molecule has 0 bridgehead atoms. The minimum absolute atomic E-state index is 0.175. The van der Waals surface area contributed by atoms with Gasteiger partial charge in [-0.25, -0.2) is 0 Å². The van der Waals surface area contributed by atoms with E-state index < -0.39 is 0 Å². The number of likely N-dealkylation sites (tertiary alicyclic amines) is 1. The first kappa shape index (κ1) is 14.8. The Morgan fingerprint density at radius 2 is 2.16 bits per heavy atom. The number of nitrogens with one attached hydrogen (secondary N) is 1. The van der Waals surface area contributed by atoms with E-state index >= 15 is 0 Å². The Labute approximate surface area is 116 Å². The highest BCUT2D eigenvalue weighted by molar-refractivity contribution is 5.79. The summed E-state index contributed by atoms with van der Waals surface area (Å²) >= 11 is 0. The lowest BCUT2D eigenvalue weighted by molar-refractivity contribution is -0.137. The van der Waals surface area contributed by atoms with Gasteiger partial charge >= 0.3 is 0 Å². The normalized spacial score (nSPS) is 26.6. The highest BCUT2D eigenvalue weighted by atomic mass is 16.5. The van der Waals surface area contributed by atoms with Crippen LogP contribution in [-0.4, -0.2) is 49.7 Å². The van der Waals surface area contributed by atoms with Crippen molar-refractivity contribution in [3.63, 3.8) is 0 Å². The summed E-state index contributed by atoms with van der Waals surface area (Å²) in [6.45, 7) is 8.87. The Balaban J connectivity index is 1.79. The van der Waals surface area contributed by atoms with Crippen molar-refractivity contribution in [3.05, 3.63) is 0 Å². The third-order valence-corrected chi connectivity index (χ3v) is 4.45. The second-order valence-corrected chi connectivity index (χ2v) is 5.96. The molecule has 0 radical (unpaired) electrons. The maximum absolute atomic E-state index is 12.5. The number of amides is 1. The van der Waals surface area contributed by atoms with Gasteiger partial charge in [0.15, 0.2) is 0 Å². The predicted octanol–water partition coefficient (Wildman–Crippen LogP) is 1.65. The molecule has 2 fully saturated rings. The van der Waals surface area contributed by atoms with Gasteiger partial charge in [0.1, 0.15) is 0 Å². The summed E-state index contributed by atoms with van der Waals surface area (Å²) in [6.07, 6.45) is 4.61. The number of carbonyl (C=O) groups is 1. The van der Waals surface area contributed by atoms with Crippen molar-refractivity contribution < 1.29 is 9.53 Å². The molecule has 4 heteroatoms. The van der Waals surface area contributed by atoms with Crippen LogP contribution < -0.4 is 5.32 Å². The van der Waals surface area contributed by atoms with E-state index in [2.05, 4.69) is 24.1 Å². The predicted molar refractivity (Wildman–Crippen MR) is 76.0 cm³/mol. The molecule has 110 valence electrons. The first-order chi connectivity index (χ1) is 9.22. The van der Waals surface area contributed by atoms with Crippen molar-refractivity contribution in [1.29, 1.82) is 0 Å². The lowest BCUT2D eigenvalue weighted by Crippen LogP contribution is -2.50. The maximum atomic E-state index is 12.5. The van der Waals surface area contributed by atoms with Crippen LogP contribution in [-0.2, 0) is 9.53 Å². The summed E-state index contributed by atoms with van der Waals surface area (Å²) in [4.78, 5) is 14.5. The molecule has 0 aromatic heterocycles. The summed E-state index contributed by atoms with van der Waals surface area (Å²) in [5, 5.41) is 3.25. The minimum Gasteiger partial charge on any atom is -0.378 e. The molecule has 2 unspecified atom stereocenters. The third kappa shape index (κ3) is 3.93. The first-order valence-corrected chi connectivity index (χ1v) is 7.83. The fourth-order valence-electron chi connectivity index (χ4n) is 2.89. The van der Waals surface area contributed by atoms with Crippen molar-refractivity contribution in [2.75, 3.05) is 32.8 Å². The van der Waals surface area contributed by atoms with E-state index in [-0.39, 0.29) is 5.92 Å². The van der Waals surface area contributed by atoms with Gasteiger partial charge in [0.05, 0.1) is 6.10 Å². The topological polar surface area (TPSA) is 41.6 Å². The number of ether oxygens (including phenoxy) is 1. The van der Waals surface area contributed by atoms with Crippen molar-refractivity contribution in [2.45, 2.75) is 45.6 Å². The number of hydrogen-bond donors (Lipinski definition) is 1. The molecule has 1 N–H and O–H groups in total. The third-order valence-electron chi connectivity index (χ3n) is 4.45. The average Bonchev–Trinajstić information content (AvgIpc) is 2.58. The van der Waals surface area contributed by atoms with Gasteiger partial charge in [-0.2, -0.15) is 0 Å². The highest BCUT2D eigenvalue weighted by Gasteiger charge is 2.32. The largest absolute Gasteiger partial charge is 0.378 e. The molecule has 4 nitrogen and oxygen atoms in total. The fourth-order valence-corrected chi connectivity index (χ4v) is 2.89. The SMILES string of the molecule is CCCOC1CCCN(C(=O)C(C)C2CNC2)CC1. The summed E-state index contributed by atoms with van der Waals surface area (Å²) in [5.41, 5.74) is 0. The van der Waals surface area contributed by atoms with Gasteiger partial charge in [0.2, 0.25) is 5.91 Å². The number of nitrogens with zero attached hydrogens (tertiary/aromatic N) is 1. The summed E-state index contributed by atoms with van der Waals surface area (Å²) < 4.78 is 5.83. The van der Waals surface area contributed by atoms with Crippen LogP contribution in [0.3, 0.4) is 0 Å². The Hall–Kier alpha value is -0.610. The van der Waals surface area contributed by atoms with Crippen molar-refractivity contribution in [3.8, 4) is 0 Å². The molecule has 0 aliphatic carbocycles. The van der Waals surface area contributed by atoms with Gasteiger partial charge in [-0.15, -0.1) is 0 Å². The summed E-state index contributed by atoms with van der Waals surface area (Å²) in [7, 11) is 0. The van der Waals surface area contributed by atoms with Crippen molar-refractivity contribution in [1.82, 2.24) is 10.2 Å². The van der Waals surface area contributed by atoms with Gasteiger partial charge in [-0.3, -0.25) is 4.79 Å². The van der Waals surface area contributed by atoms with Crippen LogP contribution in [0.1, 0.15) is 39.5 Å². The minimum atomic E-state index is 0.175. The van der Waals surface area contributed by atoms with E-state index in [9.17, 15) is 4.79 Å². The number of hydrogen-bond acceptors (Lipinski definition) is 3. The summed E-state index contributed by atoms with van der Waals surface area (Å²) in [5.74, 6) is 1.07. The lowest BCUT2D eigenvalue weighted by atomic mass is 9.88. The molecule has 2 aliphatic heterocycles. The van der Waals surface area contributed by atoms with E-state index in [1.54, 1.807) is 0 Å². The molecular formula is C15H28N2O2. The molecule has 1 amide bonds. The Bertz CT molecular complexity index is 292. The second-order valence-electron chi connectivity index (χ2n) is 5.96. The van der Waals surface area contributed by atoms with Crippen LogP contribution in [0.4, 0.5) is 0 Å². The first-order valence-electron chi connectivity index (χ1n) is 7.83. The zero-order chi connectivity index (χ0) is 13.7. The maximum Gasteiger partial charge on any atom is 0.225 e. The average molecular weight is 268 g/mol. The standard InChI is InChI=1S/C15H28N2O2/c1-3-9-19-14-5-4-7-17(8-6-14)15(18)12(2)13-10-16-11-13/h12-14,16H,3-11H2,1-2H3. The lowest BCUT2D eigenvalue weighted by Gasteiger charge is -2.34. The van der Waals surface area contributed by atoms with E-state index in [0.717, 1.165) is 58.5 Å². The van der Waals surface area contributed by atoms with E-state index in [1.165, 1.54) is 0 Å². The van der Waals surface area contributed by atoms with Gasteiger partial charge in [0.25, 0.3) is 0 Å². The monoisotopic (exact) mass is 268 g/mol. The van der Waals surface area contributed by atoms with Gasteiger partial charge < -0.3 is 15.0 Å². The Morgan fingerprint density at radius 3 is 2.79 bits per heavy atom. The Kier molecular flexibility index (Phi) is 5.64. The summed E-state index contributed by atoms with van der Waals surface area (Å²) in [6, 6.07) is 0. The second kappa shape index (κ2) is 7.25. The van der Waals surface area contributed by atoms with Crippen molar-refractivity contribution in [2.24, 2.45) is 11.8 Å². The number of rotatable bonds is 5. The molecule has 0 aromatic carbocycles. The molecular weight excluding hydrogens is 240 g/mol. The van der Waals surface area contributed by atoms with Crippen molar-refractivity contribution >= 4 is 5.91 Å². The van der Waals surface area contributed by atoms with E-state index in [1.807, 2.05) is 0 Å². The van der Waals surface area contributed by atoms with Gasteiger partial charge in [-0.05, 0) is 44.7 Å². The van der Waals surface area contributed by atoms with Crippen LogP contribution in [0.2, 0.25) is 0 Å². The van der Waals surface area contributed by atoms with Crippen LogP contribution in [0.15, 0.2) is 0 Å². The molecule has 2 atom stereocenters. The van der Waals surface area contributed by atoms with E-state index in [4.69, 9.17) is 4.74 Å². The molecule has 0 spiro atoms. The van der Waals surface area contributed by atoms with Crippen LogP contribution >= 0.6 is 0 Å². The smallest absolute Gasteiger partial charge is 0.225 e. The van der Waals surface area contributed by atoms with Crippen LogP contribution in [0.5, 0.6) is 0 Å². The molecule has 2 rings (SSSR count). The van der Waals surface area contributed by atoms with Crippen LogP contribution in [0.25, 0.3) is 0 Å². The molecule has 2 saturated heterocycles. The van der Waals surface area contributed by atoms with E-state index in [0.29, 0.717) is 17.9 Å². The van der Waals surface area contributed by atoms with Gasteiger partial charge in [-0.1, -0.05) is 13.8 Å². The number of carbonyl (C=O) groups excluding carboxylic acids is 1. The molecule has 19 heavy (non-hydrogen) atoms. The fraction of sp³-hybridized carbons (Fsp3) is 0.933. The zero-order valence-corrected chi connectivity index (χ0v) is 12.4. The molecule has 0 saturated carbocycles.